The van der Waals surface area contributed by atoms with Gasteiger partial charge in [-0.2, -0.15) is 5.10 Å². The molecule has 2 N–H and O–H groups in total. The highest BCUT2D eigenvalue weighted by Crippen LogP contribution is 2.28. The normalized spacial score (nSPS) is 11.9. The van der Waals surface area contributed by atoms with Crippen molar-refractivity contribution in [3.05, 3.63) is 41.1 Å². The van der Waals surface area contributed by atoms with E-state index in [4.69, 9.17) is 5.10 Å². The molecule has 33 heavy (non-hydrogen) atoms. The summed E-state index contributed by atoms with van der Waals surface area (Å²) in [6.07, 6.45) is 1.75. The van der Waals surface area contributed by atoms with Gasteiger partial charge in [-0.15, -0.1) is 0 Å². The fourth-order valence-electron chi connectivity index (χ4n) is 3.33. The number of unbranched alkanes of at least 4 members (excludes halogenated alkanes) is 1. The molecule has 7 heteroatoms. The van der Waals surface area contributed by atoms with Gasteiger partial charge in [0, 0.05) is 23.7 Å². The van der Waals surface area contributed by atoms with Crippen LogP contribution in [0.3, 0.4) is 0 Å². The van der Waals surface area contributed by atoms with Gasteiger partial charge in [0.2, 0.25) is 5.91 Å². The second-order valence-electron chi connectivity index (χ2n) is 10.8. The summed E-state index contributed by atoms with van der Waals surface area (Å²) in [6, 6.07) is 7.46. The van der Waals surface area contributed by atoms with Crippen LogP contribution in [-0.4, -0.2) is 39.7 Å². The molecule has 0 unspecified atom stereocenters. The summed E-state index contributed by atoms with van der Waals surface area (Å²) in [6.45, 7) is 19.0. The van der Waals surface area contributed by atoms with Crippen LogP contribution in [0.4, 0.5) is 16.3 Å². The van der Waals surface area contributed by atoms with E-state index in [0.29, 0.717) is 12.4 Å². The molecule has 0 saturated heterocycles. The van der Waals surface area contributed by atoms with Crippen LogP contribution in [0.1, 0.15) is 78.1 Å². The topological polar surface area (TPSA) is 79.3 Å². The lowest BCUT2D eigenvalue weighted by Gasteiger charge is -2.25. The Morgan fingerprint density at radius 3 is 2.21 bits per heavy atom. The lowest BCUT2D eigenvalue weighted by atomic mass is 9.92. The van der Waals surface area contributed by atoms with Crippen LogP contribution in [0.2, 0.25) is 0 Å². The van der Waals surface area contributed by atoms with Crippen LogP contribution in [0, 0.1) is 13.8 Å². The molecule has 0 atom stereocenters. The summed E-state index contributed by atoms with van der Waals surface area (Å²) in [5.41, 5.74) is 3.47. The number of hydrogen-bond donors (Lipinski definition) is 2. The Labute approximate surface area is 198 Å². The first kappa shape index (κ1) is 26.4. The number of aryl methyl sites for hydroxylation is 2. The van der Waals surface area contributed by atoms with Crippen molar-refractivity contribution >= 4 is 23.4 Å². The molecule has 1 heterocycles. The zero-order chi connectivity index (χ0) is 25.0. The molecule has 0 spiro atoms. The number of aromatic nitrogens is 2. The van der Waals surface area contributed by atoms with Crippen molar-refractivity contribution in [1.29, 1.82) is 0 Å². The van der Waals surface area contributed by atoms with Crippen LogP contribution >= 0.6 is 0 Å². The monoisotopic (exact) mass is 455 g/mol. The number of carbonyl (C=O) groups is 2. The lowest BCUT2D eigenvalue weighted by molar-refractivity contribution is -0.116. The summed E-state index contributed by atoms with van der Waals surface area (Å²) >= 11 is 0. The molecule has 3 amide bonds. The number of amides is 3. The standard InChI is InChI=1S/C26H41N5O2/c1-10-11-14-30(24(33)27-20-13-12-18(2)19(3)15-20)17-23(32)28-22-16-21(25(4,5)6)29-31(22)26(7,8)9/h12-13,15-16H,10-11,14,17H2,1-9H3,(H,27,33)(H,28,32). The maximum Gasteiger partial charge on any atom is 0.322 e. The fraction of sp³-hybridized carbons (Fsp3) is 0.577. The molecule has 0 radical (unpaired) electrons. The zero-order valence-electron chi connectivity index (χ0n) is 21.8. The number of benzene rings is 1. The molecule has 0 aliphatic heterocycles. The first-order valence-electron chi connectivity index (χ1n) is 11.8. The number of carbonyl (C=O) groups excluding carboxylic acids is 2. The van der Waals surface area contributed by atoms with Gasteiger partial charge in [0.15, 0.2) is 0 Å². The summed E-state index contributed by atoms with van der Waals surface area (Å²) in [5.74, 6) is 0.398. The second kappa shape index (κ2) is 10.4. The van der Waals surface area contributed by atoms with Crippen molar-refractivity contribution in [2.45, 2.75) is 86.1 Å². The average molecular weight is 456 g/mol. The van der Waals surface area contributed by atoms with Crippen molar-refractivity contribution in [2.24, 2.45) is 0 Å². The second-order valence-corrected chi connectivity index (χ2v) is 10.8. The van der Waals surface area contributed by atoms with Crippen LogP contribution in [0.5, 0.6) is 0 Å². The Bertz CT molecular complexity index is 980. The first-order valence-corrected chi connectivity index (χ1v) is 11.8. The molecule has 7 nitrogen and oxygen atoms in total. The largest absolute Gasteiger partial charge is 0.322 e. The molecular formula is C26H41N5O2. The molecule has 0 saturated carbocycles. The molecule has 1 aromatic carbocycles. The van der Waals surface area contributed by atoms with Gasteiger partial charge < -0.3 is 15.5 Å². The van der Waals surface area contributed by atoms with E-state index in [1.165, 1.54) is 5.56 Å². The van der Waals surface area contributed by atoms with E-state index < -0.39 is 0 Å². The minimum atomic E-state index is -0.297. The minimum Gasteiger partial charge on any atom is -0.315 e. The molecule has 0 aliphatic rings. The predicted octanol–water partition coefficient (Wildman–Crippen LogP) is 5.83. The van der Waals surface area contributed by atoms with Gasteiger partial charge in [0.1, 0.15) is 12.4 Å². The number of nitrogens with one attached hydrogen (secondary N) is 2. The zero-order valence-corrected chi connectivity index (χ0v) is 21.8. The van der Waals surface area contributed by atoms with Crippen LogP contribution < -0.4 is 10.6 Å². The molecule has 2 rings (SSSR count). The Balaban J connectivity index is 2.19. The van der Waals surface area contributed by atoms with Gasteiger partial charge in [0.25, 0.3) is 0 Å². The van der Waals surface area contributed by atoms with Gasteiger partial charge in [-0.05, 0) is 64.3 Å². The molecule has 182 valence electrons. The van der Waals surface area contributed by atoms with Crippen LogP contribution in [-0.2, 0) is 15.7 Å². The number of anilines is 2. The quantitative estimate of drug-likeness (QED) is 0.552. The Hall–Kier alpha value is -2.83. The first-order chi connectivity index (χ1) is 15.2. The van der Waals surface area contributed by atoms with Crippen molar-refractivity contribution in [1.82, 2.24) is 14.7 Å². The van der Waals surface area contributed by atoms with Gasteiger partial charge in [0.05, 0.1) is 11.2 Å². The summed E-state index contributed by atoms with van der Waals surface area (Å²) in [7, 11) is 0. The highest BCUT2D eigenvalue weighted by atomic mass is 16.2. The van der Waals surface area contributed by atoms with Gasteiger partial charge in [-0.3, -0.25) is 4.79 Å². The van der Waals surface area contributed by atoms with Crippen LogP contribution in [0.15, 0.2) is 24.3 Å². The lowest BCUT2D eigenvalue weighted by Crippen LogP contribution is -2.41. The van der Waals surface area contributed by atoms with E-state index in [9.17, 15) is 9.59 Å². The Morgan fingerprint density at radius 1 is 1.00 bits per heavy atom. The SMILES string of the molecule is CCCCN(CC(=O)Nc1cc(C(C)(C)C)nn1C(C)(C)C)C(=O)Nc1ccc(C)c(C)c1. The van der Waals surface area contributed by atoms with Crippen molar-refractivity contribution in [3.8, 4) is 0 Å². The van der Waals surface area contributed by atoms with Gasteiger partial charge in [-0.1, -0.05) is 40.2 Å². The number of hydrogen-bond acceptors (Lipinski definition) is 3. The summed E-state index contributed by atoms with van der Waals surface area (Å²) in [4.78, 5) is 27.6. The number of rotatable bonds is 7. The molecule has 0 aliphatic carbocycles. The molecule has 0 fully saturated rings. The van der Waals surface area contributed by atoms with E-state index in [-0.39, 0.29) is 29.4 Å². The molecule has 2 aromatic rings. The van der Waals surface area contributed by atoms with Crippen molar-refractivity contribution in [3.63, 3.8) is 0 Å². The van der Waals surface area contributed by atoms with Gasteiger partial charge in [-0.25, -0.2) is 9.48 Å². The van der Waals surface area contributed by atoms with Crippen molar-refractivity contribution < 1.29 is 9.59 Å². The highest BCUT2D eigenvalue weighted by molar-refractivity contribution is 5.96. The number of urea groups is 1. The van der Waals surface area contributed by atoms with E-state index in [2.05, 4.69) is 38.3 Å². The Morgan fingerprint density at radius 2 is 1.67 bits per heavy atom. The highest BCUT2D eigenvalue weighted by Gasteiger charge is 2.26. The smallest absolute Gasteiger partial charge is 0.315 e. The fourth-order valence-corrected chi connectivity index (χ4v) is 3.33. The van der Waals surface area contributed by atoms with E-state index >= 15 is 0 Å². The third-order valence-corrected chi connectivity index (χ3v) is 5.54. The maximum absolute atomic E-state index is 13.0. The number of nitrogens with zero attached hydrogens (tertiary/aromatic N) is 3. The third kappa shape index (κ3) is 7.34. The summed E-state index contributed by atoms with van der Waals surface area (Å²) in [5, 5.41) is 10.7. The van der Waals surface area contributed by atoms with Gasteiger partial charge >= 0.3 is 6.03 Å². The Kier molecular flexibility index (Phi) is 8.33. The third-order valence-electron chi connectivity index (χ3n) is 5.54. The van der Waals surface area contributed by atoms with Crippen molar-refractivity contribution in [2.75, 3.05) is 23.7 Å². The van der Waals surface area contributed by atoms with E-state index in [0.717, 1.165) is 29.8 Å². The maximum atomic E-state index is 13.0. The predicted molar refractivity (Wildman–Crippen MR) is 136 cm³/mol. The summed E-state index contributed by atoms with van der Waals surface area (Å²) < 4.78 is 1.84. The average Bonchev–Trinajstić information content (AvgIpc) is 3.12. The van der Waals surface area contributed by atoms with E-state index in [1.54, 1.807) is 4.90 Å². The molecule has 1 aromatic heterocycles. The van der Waals surface area contributed by atoms with E-state index in [1.807, 2.05) is 63.6 Å². The minimum absolute atomic E-state index is 0.0309. The molecule has 0 bridgehead atoms. The molecular weight excluding hydrogens is 414 g/mol. The van der Waals surface area contributed by atoms with Crippen LogP contribution in [0.25, 0.3) is 0 Å².